The number of likely N-dealkylation sites (tertiary alicyclic amines) is 1. The van der Waals surface area contributed by atoms with E-state index in [2.05, 4.69) is 36.5 Å². The average Bonchev–Trinajstić information content (AvgIpc) is 2.35. The van der Waals surface area contributed by atoms with Crippen molar-refractivity contribution in [2.75, 3.05) is 13.6 Å². The lowest BCUT2D eigenvalue weighted by atomic mass is 10.0. The molecule has 1 atom stereocenters. The van der Waals surface area contributed by atoms with Crippen LogP contribution in [-0.2, 0) is 11.3 Å². The SMILES string of the molecule is CNC1CCCN(Cc2ccc(C)cc2)C1=O. The highest BCUT2D eigenvalue weighted by Gasteiger charge is 2.26. The summed E-state index contributed by atoms with van der Waals surface area (Å²) in [4.78, 5) is 14.0. The Bertz CT molecular complexity index is 386. The highest BCUT2D eigenvalue weighted by molar-refractivity contribution is 5.82. The Balaban J connectivity index is 2.02. The number of piperidine rings is 1. The Kier molecular flexibility index (Phi) is 3.79. The Labute approximate surface area is 103 Å². The van der Waals surface area contributed by atoms with Gasteiger partial charge < -0.3 is 10.2 Å². The lowest BCUT2D eigenvalue weighted by Gasteiger charge is -2.32. The number of aryl methyl sites for hydroxylation is 1. The van der Waals surface area contributed by atoms with E-state index in [4.69, 9.17) is 0 Å². The molecule has 0 aromatic heterocycles. The van der Waals surface area contributed by atoms with Crippen molar-refractivity contribution >= 4 is 5.91 Å². The summed E-state index contributed by atoms with van der Waals surface area (Å²) in [6.07, 6.45) is 2.04. The highest BCUT2D eigenvalue weighted by Crippen LogP contribution is 2.15. The molecule has 1 saturated heterocycles. The third-order valence-corrected chi connectivity index (χ3v) is 3.37. The molecule has 3 heteroatoms. The van der Waals surface area contributed by atoms with Gasteiger partial charge in [0.2, 0.25) is 5.91 Å². The van der Waals surface area contributed by atoms with E-state index in [-0.39, 0.29) is 11.9 Å². The minimum absolute atomic E-state index is 0.00852. The first kappa shape index (κ1) is 12.1. The van der Waals surface area contributed by atoms with Crippen LogP contribution in [0.15, 0.2) is 24.3 Å². The fourth-order valence-corrected chi connectivity index (χ4v) is 2.28. The molecule has 1 aromatic rings. The van der Waals surface area contributed by atoms with Crippen LogP contribution >= 0.6 is 0 Å². The molecule has 0 saturated carbocycles. The molecule has 1 unspecified atom stereocenters. The molecule has 3 nitrogen and oxygen atoms in total. The van der Waals surface area contributed by atoms with Gasteiger partial charge in [-0.05, 0) is 32.4 Å². The minimum Gasteiger partial charge on any atom is -0.337 e. The monoisotopic (exact) mass is 232 g/mol. The van der Waals surface area contributed by atoms with Crippen LogP contribution in [0.3, 0.4) is 0 Å². The summed E-state index contributed by atoms with van der Waals surface area (Å²) < 4.78 is 0. The molecule has 1 amide bonds. The molecule has 92 valence electrons. The van der Waals surface area contributed by atoms with Crippen LogP contribution in [0, 0.1) is 6.92 Å². The number of amides is 1. The highest BCUT2D eigenvalue weighted by atomic mass is 16.2. The number of likely N-dealkylation sites (N-methyl/N-ethyl adjacent to an activating group) is 1. The number of nitrogens with one attached hydrogen (secondary N) is 1. The average molecular weight is 232 g/mol. The van der Waals surface area contributed by atoms with Gasteiger partial charge in [-0.25, -0.2) is 0 Å². The zero-order valence-corrected chi connectivity index (χ0v) is 10.6. The molecule has 1 aliphatic rings. The molecule has 0 bridgehead atoms. The van der Waals surface area contributed by atoms with Gasteiger partial charge in [-0.1, -0.05) is 29.8 Å². The molecule has 0 spiro atoms. The van der Waals surface area contributed by atoms with Crippen LogP contribution < -0.4 is 5.32 Å². The molecule has 17 heavy (non-hydrogen) atoms. The molecule has 1 heterocycles. The molecule has 1 aliphatic heterocycles. The molecule has 1 N–H and O–H groups in total. The van der Waals surface area contributed by atoms with Crippen molar-refractivity contribution < 1.29 is 4.79 Å². The first-order valence-corrected chi connectivity index (χ1v) is 6.22. The van der Waals surface area contributed by atoms with Crippen molar-refractivity contribution in [3.05, 3.63) is 35.4 Å². The molecular formula is C14H20N2O. The summed E-state index contributed by atoms with van der Waals surface area (Å²) in [6, 6.07) is 8.41. The third kappa shape index (κ3) is 2.86. The first-order valence-electron chi connectivity index (χ1n) is 6.22. The van der Waals surface area contributed by atoms with Crippen LogP contribution in [-0.4, -0.2) is 30.4 Å². The van der Waals surface area contributed by atoms with E-state index in [0.717, 1.165) is 25.9 Å². The summed E-state index contributed by atoms with van der Waals surface area (Å²) in [5.74, 6) is 0.235. The van der Waals surface area contributed by atoms with Crippen molar-refractivity contribution in [1.82, 2.24) is 10.2 Å². The van der Waals surface area contributed by atoms with E-state index in [9.17, 15) is 4.79 Å². The Morgan fingerprint density at radius 3 is 2.71 bits per heavy atom. The molecular weight excluding hydrogens is 212 g/mol. The van der Waals surface area contributed by atoms with Crippen molar-refractivity contribution in [3.8, 4) is 0 Å². The Morgan fingerprint density at radius 2 is 2.06 bits per heavy atom. The lowest BCUT2D eigenvalue weighted by molar-refractivity contribution is -0.136. The number of nitrogens with zero attached hydrogens (tertiary/aromatic N) is 1. The lowest BCUT2D eigenvalue weighted by Crippen LogP contribution is -2.49. The fraction of sp³-hybridized carbons (Fsp3) is 0.500. The maximum atomic E-state index is 12.1. The zero-order chi connectivity index (χ0) is 12.3. The number of hydrogen-bond acceptors (Lipinski definition) is 2. The van der Waals surface area contributed by atoms with Crippen molar-refractivity contribution in [2.45, 2.75) is 32.4 Å². The summed E-state index contributed by atoms with van der Waals surface area (Å²) in [6.45, 7) is 3.69. The maximum absolute atomic E-state index is 12.1. The minimum atomic E-state index is 0.00852. The largest absolute Gasteiger partial charge is 0.337 e. The molecule has 1 fully saturated rings. The van der Waals surface area contributed by atoms with E-state index >= 15 is 0 Å². The third-order valence-electron chi connectivity index (χ3n) is 3.37. The van der Waals surface area contributed by atoms with Gasteiger partial charge in [0.25, 0.3) is 0 Å². The fourth-order valence-electron chi connectivity index (χ4n) is 2.28. The van der Waals surface area contributed by atoms with E-state index in [0.29, 0.717) is 0 Å². The van der Waals surface area contributed by atoms with Crippen LogP contribution in [0.25, 0.3) is 0 Å². The van der Waals surface area contributed by atoms with Gasteiger partial charge in [0.15, 0.2) is 0 Å². The summed E-state index contributed by atoms with van der Waals surface area (Å²) in [5, 5.41) is 3.09. The predicted molar refractivity (Wildman–Crippen MR) is 68.7 cm³/mol. The summed E-state index contributed by atoms with van der Waals surface area (Å²) >= 11 is 0. The van der Waals surface area contributed by atoms with E-state index in [1.807, 2.05) is 11.9 Å². The van der Waals surface area contributed by atoms with Crippen LogP contribution in [0.5, 0.6) is 0 Å². The van der Waals surface area contributed by atoms with Gasteiger partial charge in [0.1, 0.15) is 0 Å². The Morgan fingerprint density at radius 1 is 1.35 bits per heavy atom. The van der Waals surface area contributed by atoms with Crippen LogP contribution in [0.1, 0.15) is 24.0 Å². The standard InChI is InChI=1S/C14H20N2O/c1-11-5-7-12(8-6-11)10-16-9-3-4-13(15-2)14(16)17/h5-8,13,15H,3-4,9-10H2,1-2H3. The van der Waals surface area contributed by atoms with Crippen molar-refractivity contribution in [2.24, 2.45) is 0 Å². The van der Waals surface area contributed by atoms with Gasteiger partial charge in [-0.3, -0.25) is 4.79 Å². The second kappa shape index (κ2) is 5.32. The number of rotatable bonds is 3. The van der Waals surface area contributed by atoms with Gasteiger partial charge in [-0.2, -0.15) is 0 Å². The van der Waals surface area contributed by atoms with Crippen LogP contribution in [0.2, 0.25) is 0 Å². The predicted octanol–water partition coefficient (Wildman–Crippen LogP) is 1.71. The second-order valence-electron chi connectivity index (χ2n) is 4.73. The Hall–Kier alpha value is -1.35. The molecule has 0 radical (unpaired) electrons. The topological polar surface area (TPSA) is 32.3 Å². The summed E-state index contributed by atoms with van der Waals surface area (Å²) in [5.41, 5.74) is 2.47. The summed E-state index contributed by atoms with van der Waals surface area (Å²) in [7, 11) is 1.86. The number of benzene rings is 1. The van der Waals surface area contributed by atoms with E-state index < -0.39 is 0 Å². The first-order chi connectivity index (χ1) is 8.20. The van der Waals surface area contributed by atoms with E-state index in [1.165, 1.54) is 11.1 Å². The quantitative estimate of drug-likeness (QED) is 0.860. The van der Waals surface area contributed by atoms with Crippen molar-refractivity contribution in [3.63, 3.8) is 0 Å². The molecule has 2 rings (SSSR count). The number of carbonyl (C=O) groups is 1. The second-order valence-corrected chi connectivity index (χ2v) is 4.73. The number of hydrogen-bond donors (Lipinski definition) is 1. The van der Waals surface area contributed by atoms with Gasteiger partial charge in [-0.15, -0.1) is 0 Å². The molecule has 0 aliphatic carbocycles. The van der Waals surface area contributed by atoms with Gasteiger partial charge >= 0.3 is 0 Å². The normalized spacial score (nSPS) is 20.7. The maximum Gasteiger partial charge on any atom is 0.239 e. The van der Waals surface area contributed by atoms with Crippen molar-refractivity contribution in [1.29, 1.82) is 0 Å². The zero-order valence-electron chi connectivity index (χ0n) is 10.6. The van der Waals surface area contributed by atoms with E-state index in [1.54, 1.807) is 0 Å². The van der Waals surface area contributed by atoms with Gasteiger partial charge in [0, 0.05) is 13.1 Å². The smallest absolute Gasteiger partial charge is 0.239 e. The van der Waals surface area contributed by atoms with Crippen LogP contribution in [0.4, 0.5) is 0 Å². The van der Waals surface area contributed by atoms with Gasteiger partial charge in [0.05, 0.1) is 6.04 Å². The number of carbonyl (C=O) groups excluding carboxylic acids is 1. The molecule has 1 aromatic carbocycles.